The second-order valence-corrected chi connectivity index (χ2v) is 7.68. The van der Waals surface area contributed by atoms with Gasteiger partial charge in [-0.25, -0.2) is 4.98 Å². The summed E-state index contributed by atoms with van der Waals surface area (Å²) in [6, 6.07) is 15.3. The molecule has 1 amide bonds. The number of nitrogens with zero attached hydrogens (tertiary/aromatic N) is 5. The SMILES string of the molecule is COc1cccc(-c2cnnc(-n3nc(C)c4c3NC(=O)CC4c3ccccc3OC)n2)c1. The van der Waals surface area contributed by atoms with Crippen molar-refractivity contribution in [2.45, 2.75) is 19.3 Å². The molecule has 9 nitrogen and oxygen atoms in total. The van der Waals surface area contributed by atoms with Crippen LogP contribution in [0.25, 0.3) is 17.2 Å². The number of fused-ring (bicyclic) bond motifs is 1. The topological polar surface area (TPSA) is 104 Å². The maximum atomic E-state index is 12.7. The molecule has 1 N–H and O–H groups in total. The van der Waals surface area contributed by atoms with Gasteiger partial charge in [0, 0.05) is 29.0 Å². The highest BCUT2D eigenvalue weighted by Crippen LogP contribution is 2.42. The summed E-state index contributed by atoms with van der Waals surface area (Å²) in [4.78, 5) is 17.4. The molecule has 0 radical (unpaired) electrons. The third kappa shape index (κ3) is 3.67. The number of hydrogen-bond donors (Lipinski definition) is 1. The van der Waals surface area contributed by atoms with E-state index in [1.54, 1.807) is 25.1 Å². The molecule has 1 unspecified atom stereocenters. The molecule has 1 atom stereocenters. The fraction of sp³-hybridized carbons (Fsp3) is 0.208. The number of methoxy groups -OCH3 is 2. The smallest absolute Gasteiger partial charge is 0.272 e. The number of hydrogen-bond acceptors (Lipinski definition) is 7. The minimum absolute atomic E-state index is 0.114. The minimum Gasteiger partial charge on any atom is -0.497 e. The predicted molar refractivity (Wildman–Crippen MR) is 122 cm³/mol. The lowest BCUT2D eigenvalue weighted by molar-refractivity contribution is -0.116. The first-order chi connectivity index (χ1) is 16.1. The summed E-state index contributed by atoms with van der Waals surface area (Å²) in [7, 11) is 3.24. The van der Waals surface area contributed by atoms with E-state index in [0.29, 0.717) is 23.7 Å². The molecule has 9 heteroatoms. The molecule has 0 saturated carbocycles. The predicted octanol–water partition coefficient (Wildman–Crippen LogP) is 3.52. The second kappa shape index (κ2) is 8.34. The van der Waals surface area contributed by atoms with Gasteiger partial charge in [0.15, 0.2) is 0 Å². The van der Waals surface area contributed by atoms with E-state index >= 15 is 0 Å². The van der Waals surface area contributed by atoms with Crippen molar-refractivity contribution < 1.29 is 14.3 Å². The Morgan fingerprint density at radius 2 is 1.94 bits per heavy atom. The molecule has 1 aliphatic rings. The van der Waals surface area contributed by atoms with Gasteiger partial charge < -0.3 is 14.8 Å². The number of ether oxygens (including phenoxy) is 2. The first kappa shape index (κ1) is 20.6. The van der Waals surface area contributed by atoms with E-state index in [1.807, 2.05) is 55.5 Å². The fourth-order valence-corrected chi connectivity index (χ4v) is 4.22. The number of carbonyl (C=O) groups is 1. The number of benzene rings is 2. The lowest BCUT2D eigenvalue weighted by atomic mass is 9.85. The number of nitrogens with one attached hydrogen (secondary N) is 1. The van der Waals surface area contributed by atoms with Crippen molar-refractivity contribution in [1.82, 2.24) is 25.0 Å². The van der Waals surface area contributed by atoms with Crippen molar-refractivity contribution in [3.05, 3.63) is 71.5 Å². The average Bonchev–Trinajstić information content (AvgIpc) is 3.19. The lowest BCUT2D eigenvalue weighted by Crippen LogP contribution is -2.25. The molecule has 33 heavy (non-hydrogen) atoms. The highest BCUT2D eigenvalue weighted by atomic mass is 16.5. The molecular formula is C24H22N6O3. The van der Waals surface area contributed by atoms with Crippen LogP contribution in [0.1, 0.15) is 29.2 Å². The van der Waals surface area contributed by atoms with Gasteiger partial charge in [0.25, 0.3) is 5.95 Å². The number of carbonyl (C=O) groups excluding carboxylic acids is 1. The molecule has 5 rings (SSSR count). The quantitative estimate of drug-likeness (QED) is 0.504. The zero-order chi connectivity index (χ0) is 22.9. The Balaban J connectivity index is 1.62. The zero-order valence-electron chi connectivity index (χ0n) is 18.4. The molecule has 166 valence electrons. The lowest BCUT2D eigenvalue weighted by Gasteiger charge is -2.25. The van der Waals surface area contributed by atoms with E-state index in [4.69, 9.17) is 9.47 Å². The number of anilines is 1. The van der Waals surface area contributed by atoms with Crippen molar-refractivity contribution in [2.75, 3.05) is 19.5 Å². The maximum absolute atomic E-state index is 12.7. The van der Waals surface area contributed by atoms with Crippen LogP contribution in [-0.2, 0) is 4.79 Å². The van der Waals surface area contributed by atoms with Crippen LogP contribution in [0.15, 0.2) is 54.7 Å². The molecule has 3 heterocycles. The monoisotopic (exact) mass is 442 g/mol. The highest BCUT2D eigenvalue weighted by molar-refractivity contribution is 5.95. The fourth-order valence-electron chi connectivity index (χ4n) is 4.22. The van der Waals surface area contributed by atoms with Gasteiger partial charge in [0.1, 0.15) is 17.3 Å². The van der Waals surface area contributed by atoms with Crippen LogP contribution in [-0.4, -0.2) is 45.1 Å². The van der Waals surface area contributed by atoms with Crippen LogP contribution in [0.5, 0.6) is 11.5 Å². The minimum atomic E-state index is -0.201. The Labute approximate surface area is 190 Å². The zero-order valence-corrected chi connectivity index (χ0v) is 18.4. The van der Waals surface area contributed by atoms with Gasteiger partial charge in [-0.2, -0.15) is 14.9 Å². The first-order valence-electron chi connectivity index (χ1n) is 10.5. The number of aromatic nitrogens is 5. The summed E-state index contributed by atoms with van der Waals surface area (Å²) in [6.45, 7) is 1.91. The summed E-state index contributed by atoms with van der Waals surface area (Å²) in [6.07, 6.45) is 1.88. The molecule has 0 aliphatic carbocycles. The number of amides is 1. The van der Waals surface area contributed by atoms with Crippen LogP contribution in [0.2, 0.25) is 0 Å². The van der Waals surface area contributed by atoms with E-state index in [9.17, 15) is 4.79 Å². The summed E-state index contributed by atoms with van der Waals surface area (Å²) in [5, 5.41) is 15.9. The van der Waals surface area contributed by atoms with Crippen molar-refractivity contribution >= 4 is 11.7 Å². The third-order valence-electron chi connectivity index (χ3n) is 5.72. The Morgan fingerprint density at radius 1 is 1.09 bits per heavy atom. The molecule has 0 bridgehead atoms. The van der Waals surface area contributed by atoms with Gasteiger partial charge in [0.2, 0.25) is 5.91 Å². The third-order valence-corrected chi connectivity index (χ3v) is 5.72. The van der Waals surface area contributed by atoms with E-state index in [2.05, 4.69) is 25.6 Å². The number of aryl methyl sites for hydroxylation is 1. The van der Waals surface area contributed by atoms with Crippen LogP contribution in [0.3, 0.4) is 0 Å². The molecule has 0 saturated heterocycles. The Hall–Kier alpha value is -4.27. The summed E-state index contributed by atoms with van der Waals surface area (Å²) < 4.78 is 12.4. The molecule has 0 fully saturated rings. The van der Waals surface area contributed by atoms with E-state index < -0.39 is 0 Å². The molecule has 2 aromatic heterocycles. The van der Waals surface area contributed by atoms with Gasteiger partial charge in [0.05, 0.1) is 31.8 Å². The van der Waals surface area contributed by atoms with Crippen LogP contribution >= 0.6 is 0 Å². The van der Waals surface area contributed by atoms with Gasteiger partial charge in [-0.05, 0) is 25.1 Å². The molecule has 4 aromatic rings. The van der Waals surface area contributed by atoms with E-state index in [0.717, 1.165) is 28.1 Å². The normalized spacial score (nSPS) is 15.0. The van der Waals surface area contributed by atoms with Crippen molar-refractivity contribution in [2.24, 2.45) is 0 Å². The van der Waals surface area contributed by atoms with Gasteiger partial charge >= 0.3 is 0 Å². The van der Waals surface area contributed by atoms with Crippen LogP contribution < -0.4 is 14.8 Å². The van der Waals surface area contributed by atoms with E-state index in [-0.39, 0.29) is 17.8 Å². The van der Waals surface area contributed by atoms with E-state index in [1.165, 1.54) is 0 Å². The first-order valence-corrected chi connectivity index (χ1v) is 10.5. The van der Waals surface area contributed by atoms with Crippen LogP contribution in [0, 0.1) is 6.92 Å². The summed E-state index contributed by atoms with van der Waals surface area (Å²) in [5.41, 5.74) is 4.07. The maximum Gasteiger partial charge on any atom is 0.272 e. The van der Waals surface area contributed by atoms with Gasteiger partial charge in [-0.1, -0.05) is 30.3 Å². The van der Waals surface area contributed by atoms with Crippen molar-refractivity contribution in [3.8, 4) is 28.7 Å². The van der Waals surface area contributed by atoms with Gasteiger partial charge in [-0.15, -0.1) is 5.10 Å². The van der Waals surface area contributed by atoms with Crippen molar-refractivity contribution in [1.29, 1.82) is 0 Å². The average molecular weight is 442 g/mol. The Morgan fingerprint density at radius 3 is 2.76 bits per heavy atom. The van der Waals surface area contributed by atoms with Gasteiger partial charge in [-0.3, -0.25) is 4.79 Å². The van der Waals surface area contributed by atoms with Crippen molar-refractivity contribution in [3.63, 3.8) is 0 Å². The summed E-state index contributed by atoms with van der Waals surface area (Å²) >= 11 is 0. The largest absolute Gasteiger partial charge is 0.497 e. The molecular weight excluding hydrogens is 420 g/mol. The molecule has 2 aromatic carbocycles. The molecule has 0 spiro atoms. The molecule has 1 aliphatic heterocycles. The Bertz CT molecular complexity index is 1350. The summed E-state index contributed by atoms with van der Waals surface area (Å²) in [5.74, 6) is 1.94. The standard InChI is InChI=1S/C24H22N6O3/c1-14-22-18(17-9-4-5-10-20(17)33-3)12-21(31)27-23(22)30(29-14)24-26-19(13-25-28-24)15-7-6-8-16(11-15)32-2/h4-11,13,18H,12H2,1-3H3,(H,27,31). The highest BCUT2D eigenvalue weighted by Gasteiger charge is 2.34. The number of para-hydroxylation sites is 1. The number of rotatable bonds is 5. The van der Waals surface area contributed by atoms with Crippen LogP contribution in [0.4, 0.5) is 5.82 Å². The Kier molecular flexibility index (Phi) is 5.21. The second-order valence-electron chi connectivity index (χ2n) is 7.68.